The number of nitrogens with zero attached hydrogens (tertiary/aromatic N) is 1. The smallest absolute Gasteiger partial charge is 0.338 e. The average Bonchev–Trinajstić information content (AvgIpc) is 2.93. The Hall–Kier alpha value is -1.93. The molecule has 0 bridgehead atoms. The molecular weight excluding hydrogens is 334 g/mol. The van der Waals surface area contributed by atoms with Crippen LogP contribution >= 0.6 is 0 Å². The Labute approximate surface area is 141 Å². The van der Waals surface area contributed by atoms with Crippen molar-refractivity contribution in [3.63, 3.8) is 0 Å². The van der Waals surface area contributed by atoms with Crippen molar-refractivity contribution in [2.75, 3.05) is 18.6 Å². The Bertz CT molecular complexity index is 713. The van der Waals surface area contributed by atoms with Gasteiger partial charge in [0, 0.05) is 13.1 Å². The fraction of sp³-hybridized carbons (Fsp3) is 0.500. The number of hydrogen-bond acceptors (Lipinski definition) is 6. The number of ether oxygens (including phenoxy) is 1. The van der Waals surface area contributed by atoms with Gasteiger partial charge in [0.15, 0.2) is 15.9 Å². The third-order valence-electron chi connectivity index (χ3n) is 4.11. The molecule has 0 aromatic heterocycles. The van der Waals surface area contributed by atoms with Gasteiger partial charge < -0.3 is 14.7 Å². The maximum Gasteiger partial charge on any atom is 0.338 e. The van der Waals surface area contributed by atoms with Gasteiger partial charge in [0.1, 0.15) is 0 Å². The molecule has 24 heavy (non-hydrogen) atoms. The molecule has 1 N–H and O–H groups in total. The number of benzene rings is 1. The summed E-state index contributed by atoms with van der Waals surface area (Å²) < 4.78 is 28.2. The maximum absolute atomic E-state index is 12.3. The molecule has 1 amide bonds. The lowest BCUT2D eigenvalue weighted by Gasteiger charge is -2.26. The Morgan fingerprint density at radius 1 is 1.33 bits per heavy atom. The Balaban J connectivity index is 1.96. The lowest BCUT2D eigenvalue weighted by Crippen LogP contribution is -2.44. The van der Waals surface area contributed by atoms with Gasteiger partial charge in [-0.1, -0.05) is 12.1 Å². The summed E-state index contributed by atoms with van der Waals surface area (Å²) in [4.78, 5) is 25.7. The van der Waals surface area contributed by atoms with Crippen molar-refractivity contribution in [1.29, 1.82) is 0 Å². The van der Waals surface area contributed by atoms with Crippen LogP contribution in [-0.2, 0) is 26.0 Å². The molecule has 0 saturated carbocycles. The summed E-state index contributed by atoms with van der Waals surface area (Å²) in [5.41, 5.74) is 0.941. The highest BCUT2D eigenvalue weighted by Gasteiger charge is 2.35. The number of sulfone groups is 1. The molecular formula is C16H21NO6S. The van der Waals surface area contributed by atoms with E-state index in [9.17, 15) is 18.0 Å². The minimum atomic E-state index is -3.09. The molecule has 0 unspecified atom stereocenters. The SMILES string of the molecule is C[C@@H](OC(=O)c1ccc(CO)cc1)C(=O)N(C)[C@H]1CCS(=O)(=O)C1. The summed E-state index contributed by atoms with van der Waals surface area (Å²) >= 11 is 0. The third kappa shape index (κ3) is 4.33. The van der Waals surface area contributed by atoms with E-state index in [-0.39, 0.29) is 29.7 Å². The van der Waals surface area contributed by atoms with Crippen LogP contribution < -0.4 is 0 Å². The van der Waals surface area contributed by atoms with Gasteiger partial charge in [-0.2, -0.15) is 0 Å². The molecule has 2 rings (SSSR count). The van der Waals surface area contributed by atoms with Gasteiger partial charge in [0.05, 0.1) is 23.7 Å². The zero-order valence-corrected chi connectivity index (χ0v) is 14.5. The zero-order chi connectivity index (χ0) is 17.9. The molecule has 1 heterocycles. The molecule has 1 saturated heterocycles. The second-order valence-electron chi connectivity index (χ2n) is 5.91. The quantitative estimate of drug-likeness (QED) is 0.766. The first-order valence-corrected chi connectivity index (χ1v) is 9.43. The summed E-state index contributed by atoms with van der Waals surface area (Å²) in [6.07, 6.45) is -0.614. The number of rotatable bonds is 5. The van der Waals surface area contributed by atoms with Crippen LogP contribution in [0.3, 0.4) is 0 Å². The van der Waals surface area contributed by atoms with Crippen molar-refractivity contribution < 1.29 is 27.9 Å². The van der Waals surface area contributed by atoms with Crippen LogP contribution in [0.5, 0.6) is 0 Å². The minimum Gasteiger partial charge on any atom is -0.449 e. The molecule has 0 spiro atoms. The van der Waals surface area contributed by atoms with Crippen LogP contribution in [0.15, 0.2) is 24.3 Å². The lowest BCUT2D eigenvalue weighted by atomic mass is 10.1. The van der Waals surface area contributed by atoms with Crippen LogP contribution in [0.4, 0.5) is 0 Å². The second-order valence-corrected chi connectivity index (χ2v) is 8.14. The number of aliphatic hydroxyl groups is 1. The molecule has 2 atom stereocenters. The van der Waals surface area contributed by atoms with E-state index in [1.807, 2.05) is 0 Å². The van der Waals surface area contributed by atoms with Crippen molar-refractivity contribution >= 4 is 21.7 Å². The highest BCUT2D eigenvalue weighted by atomic mass is 32.2. The number of esters is 1. The number of aliphatic hydroxyl groups excluding tert-OH is 1. The lowest BCUT2D eigenvalue weighted by molar-refractivity contribution is -0.140. The largest absolute Gasteiger partial charge is 0.449 e. The fourth-order valence-electron chi connectivity index (χ4n) is 2.57. The van der Waals surface area contributed by atoms with Crippen molar-refractivity contribution in [3.8, 4) is 0 Å². The summed E-state index contributed by atoms with van der Waals surface area (Å²) in [5, 5.41) is 8.98. The Morgan fingerprint density at radius 2 is 1.96 bits per heavy atom. The van der Waals surface area contributed by atoms with Crippen LogP contribution in [0.1, 0.15) is 29.3 Å². The molecule has 1 fully saturated rings. The van der Waals surface area contributed by atoms with Crippen LogP contribution in [0, 0.1) is 0 Å². The standard InChI is InChI=1S/C16H21NO6S/c1-11(15(19)17(2)14-7-8-24(21,22)10-14)23-16(20)13-5-3-12(9-18)4-6-13/h3-6,11,14,18H,7-10H2,1-2H3/t11-,14+/m1/s1. The predicted octanol–water partition coefficient (Wildman–Crippen LogP) is 0.370. The van der Waals surface area contributed by atoms with Gasteiger partial charge in [-0.3, -0.25) is 4.79 Å². The van der Waals surface area contributed by atoms with Gasteiger partial charge in [-0.25, -0.2) is 13.2 Å². The van der Waals surface area contributed by atoms with Crippen molar-refractivity contribution in [2.45, 2.75) is 32.1 Å². The van der Waals surface area contributed by atoms with E-state index in [4.69, 9.17) is 9.84 Å². The maximum atomic E-state index is 12.3. The van der Waals surface area contributed by atoms with E-state index in [0.29, 0.717) is 12.0 Å². The van der Waals surface area contributed by atoms with E-state index in [2.05, 4.69) is 0 Å². The highest BCUT2D eigenvalue weighted by Crippen LogP contribution is 2.18. The molecule has 0 radical (unpaired) electrons. The van der Waals surface area contributed by atoms with Gasteiger partial charge >= 0.3 is 5.97 Å². The normalized spacial score (nSPS) is 20.4. The molecule has 8 heteroatoms. The topological polar surface area (TPSA) is 101 Å². The summed E-state index contributed by atoms with van der Waals surface area (Å²) in [5.74, 6) is -1.07. The first-order valence-electron chi connectivity index (χ1n) is 7.61. The van der Waals surface area contributed by atoms with E-state index < -0.39 is 27.8 Å². The number of amides is 1. The monoisotopic (exact) mass is 355 g/mol. The van der Waals surface area contributed by atoms with Crippen LogP contribution in [0.25, 0.3) is 0 Å². The number of likely N-dealkylation sites (N-methyl/N-ethyl adjacent to an activating group) is 1. The highest BCUT2D eigenvalue weighted by molar-refractivity contribution is 7.91. The molecule has 1 aliphatic heterocycles. The van der Waals surface area contributed by atoms with E-state index in [1.54, 1.807) is 12.1 Å². The Morgan fingerprint density at radius 3 is 2.46 bits per heavy atom. The number of carbonyl (C=O) groups excluding carboxylic acids is 2. The van der Waals surface area contributed by atoms with Gasteiger partial charge in [0.2, 0.25) is 0 Å². The van der Waals surface area contributed by atoms with Crippen molar-refractivity contribution in [2.24, 2.45) is 0 Å². The van der Waals surface area contributed by atoms with Crippen LogP contribution in [0.2, 0.25) is 0 Å². The van der Waals surface area contributed by atoms with Crippen molar-refractivity contribution in [1.82, 2.24) is 4.90 Å². The zero-order valence-electron chi connectivity index (χ0n) is 13.6. The summed E-state index contributed by atoms with van der Waals surface area (Å²) in [6.45, 7) is 1.33. The summed E-state index contributed by atoms with van der Waals surface area (Å²) in [7, 11) is -1.57. The fourth-order valence-corrected chi connectivity index (χ4v) is 4.35. The third-order valence-corrected chi connectivity index (χ3v) is 5.86. The number of carbonyl (C=O) groups is 2. The van der Waals surface area contributed by atoms with E-state index >= 15 is 0 Å². The molecule has 1 aliphatic rings. The summed E-state index contributed by atoms with van der Waals surface area (Å²) in [6, 6.07) is 5.83. The second kappa shape index (κ2) is 7.31. The Kier molecular flexibility index (Phi) is 5.61. The van der Waals surface area contributed by atoms with Crippen LogP contribution in [-0.4, -0.2) is 61.0 Å². The molecule has 1 aromatic rings. The molecule has 132 valence electrons. The molecule has 0 aliphatic carbocycles. The predicted molar refractivity (Wildman–Crippen MR) is 87.1 cm³/mol. The molecule has 1 aromatic carbocycles. The first-order chi connectivity index (χ1) is 11.2. The van der Waals surface area contributed by atoms with Gasteiger partial charge in [-0.15, -0.1) is 0 Å². The van der Waals surface area contributed by atoms with Crippen molar-refractivity contribution in [3.05, 3.63) is 35.4 Å². The van der Waals surface area contributed by atoms with Gasteiger partial charge in [0.25, 0.3) is 5.91 Å². The van der Waals surface area contributed by atoms with Gasteiger partial charge in [-0.05, 0) is 31.0 Å². The minimum absolute atomic E-state index is 0.0570. The first kappa shape index (κ1) is 18.4. The van der Waals surface area contributed by atoms with E-state index in [1.165, 1.54) is 31.0 Å². The van der Waals surface area contributed by atoms with E-state index in [0.717, 1.165) is 0 Å². The average molecular weight is 355 g/mol. The molecule has 7 nitrogen and oxygen atoms in total. The number of hydrogen-bond donors (Lipinski definition) is 1.